The Morgan fingerprint density at radius 3 is 1.63 bits per heavy atom. The molecule has 1 atom stereocenters. The highest BCUT2D eigenvalue weighted by molar-refractivity contribution is 5.69. The number of carboxylic acids is 1. The van der Waals surface area contributed by atoms with Crippen LogP contribution in [-0.2, 0) is 14.3 Å². The number of carboxylic acid groups (broad SMARTS) is 1. The summed E-state index contributed by atoms with van der Waals surface area (Å²) in [5, 5.41) is 8.78. The normalized spacial score (nSPS) is 13.0. The number of hydrogen-bond acceptors (Lipinski definition) is 3. The minimum atomic E-state index is -0.720. The number of aliphatic carboxylic acids is 1. The number of rotatable bonds is 31. The highest BCUT2D eigenvalue weighted by Gasteiger charge is 2.11. The molecule has 0 aromatic heterocycles. The van der Waals surface area contributed by atoms with Gasteiger partial charge in [0.2, 0.25) is 0 Å². The lowest BCUT2D eigenvalue weighted by Gasteiger charge is -2.14. The Morgan fingerprint density at radius 1 is 0.558 bits per heavy atom. The van der Waals surface area contributed by atoms with Crippen molar-refractivity contribution in [3.8, 4) is 0 Å². The van der Waals surface area contributed by atoms with Gasteiger partial charge in [0.25, 0.3) is 0 Å². The summed E-state index contributed by atoms with van der Waals surface area (Å²) in [5.74, 6) is -0.807. The first-order valence-electron chi connectivity index (χ1n) is 17.8. The summed E-state index contributed by atoms with van der Waals surface area (Å²) in [7, 11) is 0. The largest absolute Gasteiger partial charge is 0.481 e. The van der Waals surface area contributed by atoms with Crippen LogP contribution in [0.2, 0.25) is 0 Å². The Labute approximate surface area is 265 Å². The fourth-order valence-corrected chi connectivity index (χ4v) is 4.85. The summed E-state index contributed by atoms with van der Waals surface area (Å²) < 4.78 is 5.86. The van der Waals surface area contributed by atoms with Crippen molar-refractivity contribution >= 4 is 11.9 Å². The molecule has 1 N–H and O–H groups in total. The SMILES string of the molecule is CC/C=C\C/C=C\C/C=C\C/C=C\C(CCCCCCCC(=O)O)OC(=O)CCCCCCC/C=C\CCCCCCC. The molecule has 0 aliphatic rings. The zero-order valence-corrected chi connectivity index (χ0v) is 28.0. The molecule has 0 aromatic rings. The van der Waals surface area contributed by atoms with Gasteiger partial charge in [0.05, 0.1) is 0 Å². The first kappa shape index (κ1) is 40.6. The Bertz CT molecular complexity index is 774. The molecule has 4 nitrogen and oxygen atoms in total. The number of esters is 1. The van der Waals surface area contributed by atoms with Crippen LogP contribution in [0.4, 0.5) is 0 Å². The maximum absolute atomic E-state index is 12.6. The topological polar surface area (TPSA) is 63.6 Å². The van der Waals surface area contributed by atoms with Crippen LogP contribution in [0.1, 0.15) is 168 Å². The molecule has 0 amide bonds. The van der Waals surface area contributed by atoms with E-state index in [-0.39, 0.29) is 18.5 Å². The number of ether oxygens (including phenoxy) is 1. The predicted octanol–water partition coefficient (Wildman–Crippen LogP) is 12.2. The van der Waals surface area contributed by atoms with Crippen molar-refractivity contribution in [2.24, 2.45) is 0 Å². The molecule has 0 rings (SSSR count). The van der Waals surface area contributed by atoms with Crippen LogP contribution >= 0.6 is 0 Å². The molecular weight excluding hydrogens is 532 g/mol. The van der Waals surface area contributed by atoms with Crippen LogP contribution < -0.4 is 0 Å². The van der Waals surface area contributed by atoms with E-state index in [0.29, 0.717) is 6.42 Å². The minimum absolute atomic E-state index is 0.0872. The molecule has 0 aliphatic carbocycles. The number of carbonyl (C=O) groups excluding carboxylic acids is 1. The Kier molecular flexibility index (Phi) is 32.3. The zero-order valence-electron chi connectivity index (χ0n) is 28.0. The van der Waals surface area contributed by atoms with E-state index < -0.39 is 5.97 Å². The maximum Gasteiger partial charge on any atom is 0.306 e. The molecule has 0 aromatic carbocycles. The van der Waals surface area contributed by atoms with E-state index in [9.17, 15) is 9.59 Å². The third-order valence-corrected chi connectivity index (χ3v) is 7.46. The molecule has 0 aliphatic heterocycles. The van der Waals surface area contributed by atoms with E-state index in [1.165, 1.54) is 64.2 Å². The molecule has 43 heavy (non-hydrogen) atoms. The van der Waals surface area contributed by atoms with Crippen molar-refractivity contribution in [2.75, 3.05) is 0 Å². The fraction of sp³-hybridized carbons (Fsp3) is 0.692. The van der Waals surface area contributed by atoms with Crippen LogP contribution in [0.5, 0.6) is 0 Å². The quantitative estimate of drug-likeness (QED) is 0.0490. The van der Waals surface area contributed by atoms with Gasteiger partial charge in [-0.25, -0.2) is 0 Å². The second kappa shape index (κ2) is 34.1. The molecule has 0 radical (unpaired) electrons. The standard InChI is InChI=1S/C39H66O4/c1-3-5-7-9-11-13-15-16-17-19-21-23-28-32-36-39(42)43-37(34-30-26-24-27-31-35-38(40)41)33-29-25-22-20-18-14-12-10-8-6-4-2/h6,8,12,14-16,20,22,29,33,37H,3-5,7,9-11,13,17-19,21,23-28,30-32,34-36H2,1-2H3,(H,40,41)/b8-6-,14-12-,16-15-,22-20-,33-29-. The van der Waals surface area contributed by atoms with Gasteiger partial charge < -0.3 is 9.84 Å². The number of hydrogen-bond donors (Lipinski definition) is 1. The lowest BCUT2D eigenvalue weighted by atomic mass is 10.1. The van der Waals surface area contributed by atoms with Crippen LogP contribution in [-0.4, -0.2) is 23.1 Å². The summed E-state index contributed by atoms with van der Waals surface area (Å²) in [6, 6.07) is 0. The summed E-state index contributed by atoms with van der Waals surface area (Å²) in [6.07, 6.45) is 46.7. The van der Waals surface area contributed by atoms with Gasteiger partial charge in [-0.1, -0.05) is 133 Å². The molecule has 246 valence electrons. The molecule has 0 bridgehead atoms. The highest BCUT2D eigenvalue weighted by atomic mass is 16.5. The van der Waals surface area contributed by atoms with Gasteiger partial charge in [-0.2, -0.15) is 0 Å². The molecule has 0 spiro atoms. The first-order chi connectivity index (χ1) is 21.1. The predicted molar refractivity (Wildman–Crippen MR) is 185 cm³/mol. The van der Waals surface area contributed by atoms with Crippen molar-refractivity contribution in [2.45, 2.75) is 174 Å². The fourth-order valence-electron chi connectivity index (χ4n) is 4.85. The van der Waals surface area contributed by atoms with Gasteiger partial charge in [0.1, 0.15) is 6.10 Å². The lowest BCUT2D eigenvalue weighted by Crippen LogP contribution is -2.16. The van der Waals surface area contributed by atoms with Gasteiger partial charge in [0.15, 0.2) is 0 Å². The van der Waals surface area contributed by atoms with Crippen molar-refractivity contribution in [3.63, 3.8) is 0 Å². The van der Waals surface area contributed by atoms with Crippen molar-refractivity contribution in [1.29, 1.82) is 0 Å². The smallest absolute Gasteiger partial charge is 0.306 e. The van der Waals surface area contributed by atoms with Crippen molar-refractivity contribution in [3.05, 3.63) is 60.8 Å². The van der Waals surface area contributed by atoms with Gasteiger partial charge in [-0.3, -0.25) is 9.59 Å². The summed E-state index contributed by atoms with van der Waals surface area (Å²) in [5.41, 5.74) is 0. The highest BCUT2D eigenvalue weighted by Crippen LogP contribution is 2.15. The number of unbranched alkanes of at least 4 members (excludes halogenated alkanes) is 14. The number of allylic oxidation sites excluding steroid dienone is 9. The third-order valence-electron chi connectivity index (χ3n) is 7.46. The monoisotopic (exact) mass is 598 g/mol. The van der Waals surface area contributed by atoms with Gasteiger partial charge >= 0.3 is 11.9 Å². The number of carbonyl (C=O) groups is 2. The van der Waals surface area contributed by atoms with Crippen LogP contribution in [0, 0.1) is 0 Å². The van der Waals surface area contributed by atoms with E-state index in [4.69, 9.17) is 9.84 Å². The van der Waals surface area contributed by atoms with E-state index in [0.717, 1.165) is 77.0 Å². The Hall–Kier alpha value is -2.36. The molecule has 0 heterocycles. The second-order valence-electron chi connectivity index (χ2n) is 11.7. The van der Waals surface area contributed by atoms with Gasteiger partial charge in [-0.15, -0.1) is 0 Å². The maximum atomic E-state index is 12.6. The van der Waals surface area contributed by atoms with Crippen LogP contribution in [0.3, 0.4) is 0 Å². The first-order valence-corrected chi connectivity index (χ1v) is 17.8. The van der Waals surface area contributed by atoms with Crippen molar-refractivity contribution < 1.29 is 19.4 Å². The molecular formula is C39H66O4. The molecule has 0 saturated heterocycles. The molecule has 4 heteroatoms. The average Bonchev–Trinajstić information content (AvgIpc) is 2.99. The van der Waals surface area contributed by atoms with Gasteiger partial charge in [-0.05, 0) is 83.1 Å². The Balaban J connectivity index is 4.24. The summed E-state index contributed by atoms with van der Waals surface area (Å²) >= 11 is 0. The van der Waals surface area contributed by atoms with E-state index in [1.54, 1.807) is 0 Å². The average molecular weight is 599 g/mol. The molecule has 0 fully saturated rings. The van der Waals surface area contributed by atoms with Crippen LogP contribution in [0.25, 0.3) is 0 Å². The van der Waals surface area contributed by atoms with Crippen molar-refractivity contribution in [1.82, 2.24) is 0 Å². The summed E-state index contributed by atoms with van der Waals surface area (Å²) in [4.78, 5) is 23.2. The molecule has 0 saturated carbocycles. The molecule has 1 unspecified atom stereocenters. The van der Waals surface area contributed by atoms with E-state index >= 15 is 0 Å². The Morgan fingerprint density at radius 2 is 1.05 bits per heavy atom. The van der Waals surface area contributed by atoms with E-state index in [1.807, 2.05) is 0 Å². The second-order valence-corrected chi connectivity index (χ2v) is 11.7. The lowest BCUT2D eigenvalue weighted by molar-refractivity contribution is -0.147. The van der Waals surface area contributed by atoms with Gasteiger partial charge in [0, 0.05) is 12.8 Å². The van der Waals surface area contributed by atoms with Crippen LogP contribution in [0.15, 0.2) is 60.8 Å². The van der Waals surface area contributed by atoms with E-state index in [2.05, 4.69) is 74.6 Å². The summed E-state index contributed by atoms with van der Waals surface area (Å²) in [6.45, 7) is 4.41. The minimum Gasteiger partial charge on any atom is -0.481 e. The third kappa shape index (κ3) is 34.0. The zero-order chi connectivity index (χ0) is 31.5.